The maximum atomic E-state index is 12.5. The number of hydrogen-bond acceptors (Lipinski definition) is 2. The average Bonchev–Trinajstić information content (AvgIpc) is 2.15. The minimum Gasteiger partial charge on any atom is -0.304 e. The zero-order valence-corrected chi connectivity index (χ0v) is 8.27. The van der Waals surface area contributed by atoms with Crippen LogP contribution in [0.2, 0.25) is 0 Å². The van der Waals surface area contributed by atoms with Crippen LogP contribution < -0.4 is 5.90 Å². The monoisotopic (exact) mass is 219 g/mol. The second-order valence-electron chi connectivity index (χ2n) is 3.27. The summed E-state index contributed by atoms with van der Waals surface area (Å²) in [5.74, 6) is 4.81. The lowest BCUT2D eigenvalue weighted by molar-refractivity contribution is -0.138. The lowest BCUT2D eigenvalue weighted by Gasteiger charge is -2.11. The SMILES string of the molecule is Cc1ccc(CCON)cc1C(F)(F)F. The highest BCUT2D eigenvalue weighted by molar-refractivity contribution is 5.33. The van der Waals surface area contributed by atoms with Gasteiger partial charge < -0.3 is 4.84 Å². The van der Waals surface area contributed by atoms with Crippen molar-refractivity contribution in [2.75, 3.05) is 6.61 Å². The molecule has 0 aliphatic carbocycles. The van der Waals surface area contributed by atoms with Crippen LogP contribution in [0.15, 0.2) is 18.2 Å². The third-order valence-electron chi connectivity index (χ3n) is 2.12. The minimum atomic E-state index is -4.30. The highest BCUT2D eigenvalue weighted by Gasteiger charge is 2.32. The molecule has 0 atom stereocenters. The Hall–Kier alpha value is -1.07. The van der Waals surface area contributed by atoms with Crippen LogP contribution in [0.25, 0.3) is 0 Å². The van der Waals surface area contributed by atoms with E-state index in [1.54, 1.807) is 6.07 Å². The Bertz CT molecular complexity index is 336. The molecule has 1 aromatic rings. The van der Waals surface area contributed by atoms with Gasteiger partial charge in [-0.25, -0.2) is 5.90 Å². The van der Waals surface area contributed by atoms with E-state index in [1.165, 1.54) is 13.0 Å². The van der Waals surface area contributed by atoms with Gasteiger partial charge in [0, 0.05) is 0 Å². The van der Waals surface area contributed by atoms with Crippen LogP contribution in [0.3, 0.4) is 0 Å². The molecule has 5 heteroatoms. The van der Waals surface area contributed by atoms with Gasteiger partial charge in [-0.2, -0.15) is 13.2 Å². The Balaban J connectivity index is 2.95. The van der Waals surface area contributed by atoms with Crippen molar-refractivity contribution in [3.63, 3.8) is 0 Å². The molecule has 2 nitrogen and oxygen atoms in total. The number of hydrogen-bond donors (Lipinski definition) is 1. The molecule has 0 spiro atoms. The quantitative estimate of drug-likeness (QED) is 0.792. The summed E-state index contributed by atoms with van der Waals surface area (Å²) in [6.45, 7) is 1.65. The average molecular weight is 219 g/mol. The predicted octanol–water partition coefficient (Wildman–Crippen LogP) is 2.45. The molecule has 0 unspecified atom stereocenters. The lowest BCUT2D eigenvalue weighted by atomic mass is 10.0. The number of alkyl halides is 3. The largest absolute Gasteiger partial charge is 0.416 e. The number of benzene rings is 1. The Kier molecular flexibility index (Phi) is 3.71. The molecular formula is C10H12F3NO. The van der Waals surface area contributed by atoms with Gasteiger partial charge in [0.1, 0.15) is 0 Å². The van der Waals surface area contributed by atoms with E-state index >= 15 is 0 Å². The molecule has 1 aromatic carbocycles. The molecule has 0 amide bonds. The number of halogens is 3. The van der Waals surface area contributed by atoms with Crippen molar-refractivity contribution < 1.29 is 18.0 Å². The molecule has 0 aliphatic heterocycles. The molecule has 0 bridgehead atoms. The van der Waals surface area contributed by atoms with Crippen LogP contribution in [0.5, 0.6) is 0 Å². The fourth-order valence-electron chi connectivity index (χ4n) is 1.31. The summed E-state index contributed by atoms with van der Waals surface area (Å²) in [5.41, 5.74) is 0.190. The maximum Gasteiger partial charge on any atom is 0.416 e. The Morgan fingerprint density at radius 1 is 1.33 bits per heavy atom. The fraction of sp³-hybridized carbons (Fsp3) is 0.400. The Labute approximate surface area is 85.8 Å². The molecule has 0 aromatic heterocycles. The van der Waals surface area contributed by atoms with E-state index in [4.69, 9.17) is 5.90 Å². The van der Waals surface area contributed by atoms with Crippen LogP contribution in [0, 0.1) is 6.92 Å². The van der Waals surface area contributed by atoms with E-state index in [0.29, 0.717) is 12.0 Å². The number of rotatable bonds is 3. The number of aryl methyl sites for hydroxylation is 1. The molecule has 2 N–H and O–H groups in total. The lowest BCUT2D eigenvalue weighted by Crippen LogP contribution is -2.09. The van der Waals surface area contributed by atoms with Gasteiger partial charge in [-0.05, 0) is 30.5 Å². The van der Waals surface area contributed by atoms with Crippen LogP contribution in [-0.4, -0.2) is 6.61 Å². The standard InChI is InChI=1S/C10H12F3NO/c1-7-2-3-8(4-5-15-14)6-9(7)10(11,12)13/h2-3,6H,4-5,14H2,1H3. The molecule has 0 radical (unpaired) electrons. The van der Waals surface area contributed by atoms with Crippen molar-refractivity contribution in [1.82, 2.24) is 0 Å². The van der Waals surface area contributed by atoms with Crippen LogP contribution in [0.1, 0.15) is 16.7 Å². The first-order valence-corrected chi connectivity index (χ1v) is 4.43. The summed E-state index contributed by atoms with van der Waals surface area (Å²) in [5, 5.41) is 0. The van der Waals surface area contributed by atoms with E-state index in [2.05, 4.69) is 4.84 Å². The van der Waals surface area contributed by atoms with Gasteiger partial charge in [0.25, 0.3) is 0 Å². The first-order valence-electron chi connectivity index (χ1n) is 4.43. The second-order valence-corrected chi connectivity index (χ2v) is 3.27. The van der Waals surface area contributed by atoms with E-state index < -0.39 is 11.7 Å². The molecule has 1 rings (SSSR count). The van der Waals surface area contributed by atoms with E-state index in [9.17, 15) is 13.2 Å². The van der Waals surface area contributed by atoms with E-state index in [1.807, 2.05) is 0 Å². The molecule has 15 heavy (non-hydrogen) atoms. The van der Waals surface area contributed by atoms with Gasteiger partial charge in [0.05, 0.1) is 12.2 Å². The Morgan fingerprint density at radius 3 is 2.53 bits per heavy atom. The van der Waals surface area contributed by atoms with Crippen molar-refractivity contribution in [3.8, 4) is 0 Å². The van der Waals surface area contributed by atoms with Crippen LogP contribution in [-0.2, 0) is 17.4 Å². The summed E-state index contributed by atoms with van der Waals surface area (Å²) >= 11 is 0. The van der Waals surface area contributed by atoms with E-state index in [0.717, 1.165) is 6.07 Å². The molecule has 0 heterocycles. The van der Waals surface area contributed by atoms with Gasteiger partial charge in [-0.3, -0.25) is 0 Å². The topological polar surface area (TPSA) is 35.2 Å². The molecule has 0 saturated carbocycles. The predicted molar refractivity (Wildman–Crippen MR) is 50.0 cm³/mol. The van der Waals surface area contributed by atoms with Gasteiger partial charge in [-0.1, -0.05) is 12.1 Å². The number of nitrogens with two attached hydrogens (primary N) is 1. The highest BCUT2D eigenvalue weighted by atomic mass is 19.4. The van der Waals surface area contributed by atoms with Crippen molar-refractivity contribution in [3.05, 3.63) is 34.9 Å². The third-order valence-corrected chi connectivity index (χ3v) is 2.12. The second kappa shape index (κ2) is 4.63. The normalized spacial score (nSPS) is 11.8. The molecule has 84 valence electrons. The first kappa shape index (κ1) is 12.0. The third kappa shape index (κ3) is 3.21. The van der Waals surface area contributed by atoms with E-state index in [-0.39, 0.29) is 12.2 Å². The highest BCUT2D eigenvalue weighted by Crippen LogP contribution is 2.32. The first-order chi connectivity index (χ1) is 6.95. The summed E-state index contributed by atoms with van der Waals surface area (Å²) < 4.78 is 37.5. The Morgan fingerprint density at radius 2 is 2.00 bits per heavy atom. The van der Waals surface area contributed by atoms with Crippen LogP contribution >= 0.6 is 0 Å². The summed E-state index contributed by atoms with van der Waals surface area (Å²) in [7, 11) is 0. The van der Waals surface area contributed by atoms with Gasteiger partial charge in [0.2, 0.25) is 0 Å². The smallest absolute Gasteiger partial charge is 0.304 e. The van der Waals surface area contributed by atoms with Gasteiger partial charge >= 0.3 is 6.18 Å². The van der Waals surface area contributed by atoms with Crippen LogP contribution in [0.4, 0.5) is 13.2 Å². The summed E-state index contributed by atoms with van der Waals surface area (Å²) in [6.07, 6.45) is -3.93. The van der Waals surface area contributed by atoms with Crippen molar-refractivity contribution >= 4 is 0 Å². The van der Waals surface area contributed by atoms with Crippen molar-refractivity contribution in [2.45, 2.75) is 19.5 Å². The molecule has 0 aliphatic rings. The maximum absolute atomic E-state index is 12.5. The minimum absolute atomic E-state index is 0.209. The van der Waals surface area contributed by atoms with Gasteiger partial charge in [0.15, 0.2) is 0 Å². The zero-order valence-electron chi connectivity index (χ0n) is 8.27. The summed E-state index contributed by atoms with van der Waals surface area (Å²) in [6, 6.07) is 4.23. The zero-order chi connectivity index (χ0) is 11.5. The molecule has 0 saturated heterocycles. The summed E-state index contributed by atoms with van der Waals surface area (Å²) in [4.78, 5) is 4.32. The molecule has 0 fully saturated rings. The van der Waals surface area contributed by atoms with Gasteiger partial charge in [-0.15, -0.1) is 0 Å². The van der Waals surface area contributed by atoms with Crippen molar-refractivity contribution in [1.29, 1.82) is 0 Å². The molecular weight excluding hydrogens is 207 g/mol. The fourth-order valence-corrected chi connectivity index (χ4v) is 1.31. The van der Waals surface area contributed by atoms with Crippen molar-refractivity contribution in [2.24, 2.45) is 5.90 Å².